The smallest absolute Gasteiger partial charge is 0.152 e. The Hall–Kier alpha value is -1.22. The second kappa shape index (κ2) is 4.74. The number of nitrogens with zero attached hydrogens (tertiary/aromatic N) is 1. The zero-order chi connectivity index (χ0) is 11.5. The van der Waals surface area contributed by atoms with Gasteiger partial charge < -0.3 is 9.64 Å². The lowest BCUT2D eigenvalue weighted by molar-refractivity contribution is -0.118. The number of Topliss-reactive ketones (excluding diaryl/α,β-unsaturated/α-hetero) is 1. The first kappa shape index (κ1) is 11.3. The van der Waals surface area contributed by atoms with E-state index in [0.29, 0.717) is 23.7 Å². The van der Waals surface area contributed by atoms with Crippen LogP contribution in [0.5, 0.6) is 5.75 Å². The van der Waals surface area contributed by atoms with E-state index < -0.39 is 0 Å². The Morgan fingerprint density at radius 3 is 2.88 bits per heavy atom. The molecule has 1 aliphatic rings. The van der Waals surface area contributed by atoms with Crippen LogP contribution in [0.15, 0.2) is 18.2 Å². The third-order valence-corrected chi connectivity index (χ3v) is 3.05. The summed E-state index contributed by atoms with van der Waals surface area (Å²) in [5.41, 5.74) is 0.985. The molecule has 1 aromatic rings. The first-order valence-corrected chi connectivity index (χ1v) is 5.68. The Morgan fingerprint density at radius 2 is 2.25 bits per heavy atom. The molecule has 86 valence electrons. The first-order valence-electron chi connectivity index (χ1n) is 5.31. The van der Waals surface area contributed by atoms with E-state index in [1.54, 1.807) is 7.11 Å². The zero-order valence-electron chi connectivity index (χ0n) is 9.20. The summed E-state index contributed by atoms with van der Waals surface area (Å²) in [6.45, 7) is 1.40. The van der Waals surface area contributed by atoms with Crippen molar-refractivity contribution in [2.75, 3.05) is 25.1 Å². The average Bonchev–Trinajstić information content (AvgIpc) is 2.29. The van der Waals surface area contributed by atoms with Crippen molar-refractivity contribution in [3.63, 3.8) is 0 Å². The number of methoxy groups -OCH3 is 1. The van der Waals surface area contributed by atoms with Crippen LogP contribution in [-0.4, -0.2) is 26.0 Å². The molecule has 0 unspecified atom stereocenters. The molecule has 0 aliphatic carbocycles. The molecule has 3 nitrogen and oxygen atoms in total. The second-order valence-electron chi connectivity index (χ2n) is 3.88. The van der Waals surface area contributed by atoms with Gasteiger partial charge >= 0.3 is 0 Å². The molecule has 0 bridgehead atoms. The second-order valence-corrected chi connectivity index (χ2v) is 4.29. The third-order valence-electron chi connectivity index (χ3n) is 2.75. The number of carbonyl (C=O) groups excluding carboxylic acids is 1. The van der Waals surface area contributed by atoms with Crippen LogP contribution in [0.2, 0.25) is 5.02 Å². The van der Waals surface area contributed by atoms with Gasteiger partial charge in [-0.25, -0.2) is 0 Å². The van der Waals surface area contributed by atoms with Gasteiger partial charge in [0.1, 0.15) is 5.75 Å². The maximum Gasteiger partial charge on any atom is 0.152 e. The predicted octanol–water partition coefficient (Wildman–Crippen LogP) is 2.52. The van der Waals surface area contributed by atoms with E-state index in [1.165, 1.54) is 0 Å². The number of hydrogen-bond donors (Lipinski definition) is 0. The molecule has 0 saturated carbocycles. The summed E-state index contributed by atoms with van der Waals surface area (Å²) in [6.07, 6.45) is 1.61. The normalized spacial score (nSPS) is 16.4. The minimum Gasteiger partial charge on any atom is -0.495 e. The number of benzene rings is 1. The highest BCUT2D eigenvalue weighted by Gasteiger charge is 2.17. The van der Waals surface area contributed by atoms with Crippen molar-refractivity contribution in [3.05, 3.63) is 23.2 Å². The fourth-order valence-electron chi connectivity index (χ4n) is 1.91. The van der Waals surface area contributed by atoms with Gasteiger partial charge in [-0.05, 0) is 24.6 Å². The van der Waals surface area contributed by atoms with Gasteiger partial charge in [-0.1, -0.05) is 11.6 Å². The van der Waals surface area contributed by atoms with Crippen LogP contribution in [0.3, 0.4) is 0 Å². The van der Waals surface area contributed by atoms with E-state index in [9.17, 15) is 4.79 Å². The number of hydrogen-bond acceptors (Lipinski definition) is 3. The van der Waals surface area contributed by atoms with Crippen molar-refractivity contribution in [1.82, 2.24) is 0 Å². The summed E-state index contributed by atoms with van der Waals surface area (Å²) in [5.74, 6) is 0.951. The summed E-state index contributed by atoms with van der Waals surface area (Å²) in [6, 6.07) is 5.61. The van der Waals surface area contributed by atoms with Crippen LogP contribution in [0.25, 0.3) is 0 Å². The van der Waals surface area contributed by atoms with Crippen molar-refractivity contribution in [1.29, 1.82) is 0 Å². The van der Waals surface area contributed by atoms with Gasteiger partial charge in [-0.3, -0.25) is 4.79 Å². The molecular formula is C12H14ClNO2. The highest BCUT2D eigenvalue weighted by atomic mass is 35.5. The minimum absolute atomic E-state index is 0.290. The Bertz CT molecular complexity index is 406. The van der Waals surface area contributed by atoms with Crippen molar-refractivity contribution in [2.24, 2.45) is 0 Å². The predicted molar refractivity (Wildman–Crippen MR) is 64.5 cm³/mol. The Labute approximate surface area is 100.0 Å². The molecule has 0 radical (unpaired) electrons. The lowest BCUT2D eigenvalue weighted by Gasteiger charge is -2.28. The van der Waals surface area contributed by atoms with E-state index >= 15 is 0 Å². The lowest BCUT2D eigenvalue weighted by Crippen LogP contribution is -2.35. The molecule has 16 heavy (non-hydrogen) atoms. The zero-order valence-corrected chi connectivity index (χ0v) is 9.96. The number of carbonyl (C=O) groups is 1. The standard InChI is InChI=1S/C12H14ClNO2/c1-16-12-5-4-9(7-11(12)13)14-6-2-3-10(15)8-14/h4-5,7H,2-3,6,8H2,1H3. The topological polar surface area (TPSA) is 29.5 Å². The fourth-order valence-corrected chi connectivity index (χ4v) is 2.16. The van der Waals surface area contributed by atoms with E-state index in [-0.39, 0.29) is 5.78 Å². The number of piperidine rings is 1. The number of halogens is 1. The summed E-state index contributed by atoms with van der Waals surface area (Å²) < 4.78 is 5.09. The van der Waals surface area contributed by atoms with Crippen LogP contribution >= 0.6 is 11.6 Å². The van der Waals surface area contributed by atoms with Crippen LogP contribution in [-0.2, 0) is 4.79 Å². The first-order chi connectivity index (χ1) is 7.70. The number of ketones is 1. The molecule has 0 spiro atoms. The van der Waals surface area contributed by atoms with E-state index in [4.69, 9.17) is 16.3 Å². The summed E-state index contributed by atoms with van der Waals surface area (Å²) in [7, 11) is 1.59. The van der Waals surface area contributed by atoms with Gasteiger partial charge in [0, 0.05) is 18.7 Å². The molecule has 0 aromatic heterocycles. The molecule has 0 atom stereocenters. The summed E-state index contributed by atoms with van der Waals surface area (Å²) in [4.78, 5) is 13.4. The maximum atomic E-state index is 11.4. The van der Waals surface area contributed by atoms with Crippen molar-refractivity contribution in [2.45, 2.75) is 12.8 Å². The van der Waals surface area contributed by atoms with Crippen LogP contribution in [0, 0.1) is 0 Å². The van der Waals surface area contributed by atoms with E-state index in [1.807, 2.05) is 18.2 Å². The van der Waals surface area contributed by atoms with Gasteiger partial charge in [0.15, 0.2) is 5.78 Å². The van der Waals surface area contributed by atoms with Crippen molar-refractivity contribution in [3.8, 4) is 5.75 Å². The van der Waals surface area contributed by atoms with Crippen LogP contribution in [0.1, 0.15) is 12.8 Å². The monoisotopic (exact) mass is 239 g/mol. The molecule has 1 saturated heterocycles. The number of rotatable bonds is 2. The highest BCUT2D eigenvalue weighted by Crippen LogP contribution is 2.29. The molecule has 4 heteroatoms. The van der Waals surface area contributed by atoms with Crippen molar-refractivity contribution >= 4 is 23.1 Å². The molecular weight excluding hydrogens is 226 g/mol. The third kappa shape index (κ3) is 2.30. The Kier molecular flexibility index (Phi) is 3.34. The molecule has 0 amide bonds. The molecule has 1 fully saturated rings. The summed E-state index contributed by atoms with van der Waals surface area (Å²) >= 11 is 6.05. The minimum atomic E-state index is 0.290. The number of ether oxygens (including phenoxy) is 1. The largest absolute Gasteiger partial charge is 0.495 e. The van der Waals surface area contributed by atoms with E-state index in [0.717, 1.165) is 18.7 Å². The molecule has 0 N–H and O–H groups in total. The maximum absolute atomic E-state index is 11.4. The van der Waals surface area contributed by atoms with Crippen molar-refractivity contribution < 1.29 is 9.53 Å². The fraction of sp³-hybridized carbons (Fsp3) is 0.417. The van der Waals surface area contributed by atoms with E-state index in [2.05, 4.69) is 4.90 Å². The number of anilines is 1. The molecule has 1 aliphatic heterocycles. The average molecular weight is 240 g/mol. The molecule has 1 aromatic carbocycles. The lowest BCUT2D eigenvalue weighted by atomic mass is 10.1. The van der Waals surface area contributed by atoms with Gasteiger partial charge in [-0.2, -0.15) is 0 Å². The van der Waals surface area contributed by atoms with Gasteiger partial charge in [0.25, 0.3) is 0 Å². The van der Waals surface area contributed by atoms with Gasteiger partial charge in [-0.15, -0.1) is 0 Å². The molecule has 2 rings (SSSR count). The Morgan fingerprint density at radius 1 is 1.44 bits per heavy atom. The van der Waals surface area contributed by atoms with Gasteiger partial charge in [0.2, 0.25) is 0 Å². The quantitative estimate of drug-likeness (QED) is 0.794. The highest BCUT2D eigenvalue weighted by molar-refractivity contribution is 6.32. The van der Waals surface area contributed by atoms with Crippen LogP contribution < -0.4 is 9.64 Å². The van der Waals surface area contributed by atoms with Crippen LogP contribution in [0.4, 0.5) is 5.69 Å². The summed E-state index contributed by atoms with van der Waals surface area (Å²) in [5, 5.41) is 0.582. The SMILES string of the molecule is COc1ccc(N2CCCC(=O)C2)cc1Cl. The Balaban J connectivity index is 2.20. The molecule has 1 heterocycles. The van der Waals surface area contributed by atoms with Gasteiger partial charge in [0.05, 0.1) is 18.7 Å².